The Kier molecular flexibility index (Phi) is 4.17. The van der Waals surface area contributed by atoms with Crippen molar-refractivity contribution >= 4 is 33.8 Å². The number of thiazole rings is 1. The molecule has 0 aliphatic rings. The van der Waals surface area contributed by atoms with E-state index in [0.29, 0.717) is 6.54 Å². The Bertz CT molecular complexity index is 811. The molecule has 0 aliphatic heterocycles. The van der Waals surface area contributed by atoms with E-state index in [4.69, 9.17) is 11.6 Å². The van der Waals surface area contributed by atoms with Crippen molar-refractivity contribution in [2.24, 2.45) is 0 Å². The van der Waals surface area contributed by atoms with E-state index in [1.807, 2.05) is 36.7 Å². The number of hydrogen-bond acceptors (Lipinski definition) is 4. The summed E-state index contributed by atoms with van der Waals surface area (Å²) in [5.74, 6) is 0. The quantitative estimate of drug-likeness (QED) is 0.754. The zero-order chi connectivity index (χ0) is 15.7. The van der Waals surface area contributed by atoms with E-state index in [2.05, 4.69) is 36.1 Å². The number of aryl methyl sites for hydroxylation is 1. The summed E-state index contributed by atoms with van der Waals surface area (Å²) in [6, 6.07) is 7.89. The first-order chi connectivity index (χ1) is 10.5. The Morgan fingerprint density at radius 3 is 2.82 bits per heavy atom. The predicted octanol–water partition coefficient (Wildman–Crippen LogP) is 4.68. The van der Waals surface area contributed by atoms with Crippen LogP contribution in [0.4, 0.5) is 0 Å². The van der Waals surface area contributed by atoms with E-state index in [1.165, 1.54) is 4.88 Å². The molecule has 2 aromatic heterocycles. The Balaban J connectivity index is 1.87. The first-order valence-electron chi connectivity index (χ1n) is 7.17. The van der Waals surface area contributed by atoms with Gasteiger partial charge in [0.15, 0.2) is 0 Å². The van der Waals surface area contributed by atoms with E-state index < -0.39 is 0 Å². The van der Waals surface area contributed by atoms with E-state index >= 15 is 0 Å². The second-order valence-electron chi connectivity index (χ2n) is 5.89. The molecule has 5 heteroatoms. The second kappa shape index (κ2) is 5.95. The minimum absolute atomic E-state index is 0.192. The third-order valence-electron chi connectivity index (χ3n) is 3.63. The van der Waals surface area contributed by atoms with Gasteiger partial charge < -0.3 is 5.32 Å². The van der Waals surface area contributed by atoms with Crippen molar-refractivity contribution in [2.75, 3.05) is 0 Å². The number of hydrogen-bond donors (Lipinski definition) is 1. The number of halogens is 1. The molecule has 0 radical (unpaired) electrons. The van der Waals surface area contributed by atoms with E-state index in [9.17, 15) is 0 Å². The molecule has 114 valence electrons. The monoisotopic (exact) mass is 331 g/mol. The number of aromatic nitrogens is 2. The van der Waals surface area contributed by atoms with Crippen LogP contribution in [-0.2, 0) is 12.1 Å². The van der Waals surface area contributed by atoms with Gasteiger partial charge in [0.05, 0.1) is 11.1 Å². The normalized spacial score (nSPS) is 12.0. The lowest BCUT2D eigenvalue weighted by Crippen LogP contribution is -2.35. The molecule has 0 amide bonds. The van der Waals surface area contributed by atoms with Crippen LogP contribution >= 0.6 is 22.9 Å². The highest BCUT2D eigenvalue weighted by Crippen LogP contribution is 2.27. The molecule has 3 rings (SSSR count). The van der Waals surface area contributed by atoms with Crippen LogP contribution in [0, 0.1) is 6.92 Å². The van der Waals surface area contributed by atoms with Crippen LogP contribution in [0.3, 0.4) is 0 Å². The molecule has 0 saturated heterocycles. The smallest absolute Gasteiger partial charge is 0.112 e. The average Bonchev–Trinajstić information content (AvgIpc) is 2.92. The summed E-state index contributed by atoms with van der Waals surface area (Å²) in [5.41, 5.74) is 1.90. The fraction of sp³-hybridized carbons (Fsp3) is 0.294. The Hall–Kier alpha value is -1.49. The van der Waals surface area contributed by atoms with E-state index in [-0.39, 0.29) is 5.54 Å². The number of rotatable bonds is 4. The molecule has 2 heterocycles. The Morgan fingerprint density at radius 2 is 2.09 bits per heavy atom. The van der Waals surface area contributed by atoms with Crippen LogP contribution in [-0.4, -0.2) is 9.97 Å². The maximum Gasteiger partial charge on any atom is 0.112 e. The van der Waals surface area contributed by atoms with Gasteiger partial charge in [-0.1, -0.05) is 17.7 Å². The Morgan fingerprint density at radius 1 is 1.27 bits per heavy atom. The largest absolute Gasteiger partial charge is 0.302 e. The minimum Gasteiger partial charge on any atom is -0.302 e. The van der Waals surface area contributed by atoms with Crippen molar-refractivity contribution < 1.29 is 0 Å². The topological polar surface area (TPSA) is 37.8 Å². The summed E-state index contributed by atoms with van der Waals surface area (Å²) >= 11 is 7.95. The number of nitrogens with one attached hydrogen (secondary N) is 1. The molecule has 0 saturated carbocycles. The van der Waals surface area contributed by atoms with Gasteiger partial charge in [0.25, 0.3) is 0 Å². The third kappa shape index (κ3) is 3.14. The number of fused-ring (bicyclic) bond motifs is 1. The molecule has 1 aromatic carbocycles. The fourth-order valence-electron chi connectivity index (χ4n) is 2.40. The summed E-state index contributed by atoms with van der Waals surface area (Å²) < 4.78 is 0. The van der Waals surface area contributed by atoms with E-state index in [1.54, 1.807) is 11.3 Å². The molecule has 0 atom stereocenters. The Labute approximate surface area is 139 Å². The van der Waals surface area contributed by atoms with Crippen LogP contribution in [0.2, 0.25) is 5.02 Å². The lowest BCUT2D eigenvalue weighted by atomic mass is 10.0. The predicted molar refractivity (Wildman–Crippen MR) is 93.5 cm³/mol. The van der Waals surface area contributed by atoms with Crippen molar-refractivity contribution in [2.45, 2.75) is 32.9 Å². The molecular weight excluding hydrogens is 314 g/mol. The van der Waals surface area contributed by atoms with Crippen LogP contribution in [0.25, 0.3) is 10.9 Å². The first kappa shape index (κ1) is 15.4. The standard InChI is InChI=1S/C17H18ClN3S/c1-11-9-20-16(22-11)17(2,3)21-10-13-8-14(18)7-12-5-4-6-19-15(12)13/h4-9,21H,10H2,1-3H3. The first-order valence-corrected chi connectivity index (χ1v) is 8.36. The number of pyridine rings is 1. The van der Waals surface area contributed by atoms with Gasteiger partial charge in [0.2, 0.25) is 0 Å². The molecule has 0 bridgehead atoms. The van der Waals surface area contributed by atoms with Gasteiger partial charge in [-0.2, -0.15) is 0 Å². The summed E-state index contributed by atoms with van der Waals surface area (Å²) in [4.78, 5) is 10.2. The summed E-state index contributed by atoms with van der Waals surface area (Å²) in [6.07, 6.45) is 3.73. The highest BCUT2D eigenvalue weighted by atomic mass is 35.5. The number of benzene rings is 1. The number of nitrogens with zero attached hydrogens (tertiary/aromatic N) is 2. The molecule has 0 fully saturated rings. The van der Waals surface area contributed by atoms with Crippen molar-refractivity contribution in [1.29, 1.82) is 0 Å². The highest BCUT2D eigenvalue weighted by molar-refractivity contribution is 7.11. The van der Waals surface area contributed by atoms with Gasteiger partial charge in [-0.3, -0.25) is 4.98 Å². The fourth-order valence-corrected chi connectivity index (χ4v) is 3.49. The molecule has 0 aliphatic carbocycles. The molecule has 3 aromatic rings. The van der Waals surface area contributed by atoms with Crippen LogP contribution in [0.5, 0.6) is 0 Å². The van der Waals surface area contributed by atoms with Crippen LogP contribution < -0.4 is 5.32 Å². The summed E-state index contributed by atoms with van der Waals surface area (Å²) in [6.45, 7) is 7.06. The molecule has 1 N–H and O–H groups in total. The SMILES string of the molecule is Cc1cnc(C(C)(C)NCc2cc(Cl)cc3cccnc23)s1. The van der Waals surface area contributed by atoms with Gasteiger partial charge in [-0.05, 0) is 44.5 Å². The third-order valence-corrected chi connectivity index (χ3v) is 5.08. The van der Waals surface area contributed by atoms with Crippen molar-refractivity contribution in [3.63, 3.8) is 0 Å². The summed E-state index contributed by atoms with van der Waals surface area (Å²) in [7, 11) is 0. The van der Waals surface area contributed by atoms with Gasteiger partial charge in [-0.25, -0.2) is 4.98 Å². The zero-order valence-electron chi connectivity index (χ0n) is 12.9. The molecular formula is C17H18ClN3S. The molecule has 3 nitrogen and oxygen atoms in total. The van der Waals surface area contributed by atoms with Gasteiger partial charge >= 0.3 is 0 Å². The summed E-state index contributed by atoms with van der Waals surface area (Å²) in [5, 5.41) is 6.46. The van der Waals surface area contributed by atoms with E-state index in [0.717, 1.165) is 26.5 Å². The van der Waals surface area contributed by atoms with Crippen molar-refractivity contribution in [3.05, 3.63) is 57.1 Å². The van der Waals surface area contributed by atoms with Gasteiger partial charge in [-0.15, -0.1) is 11.3 Å². The van der Waals surface area contributed by atoms with Gasteiger partial charge in [0.1, 0.15) is 5.01 Å². The van der Waals surface area contributed by atoms with Gasteiger partial charge in [0, 0.05) is 34.2 Å². The lowest BCUT2D eigenvalue weighted by Gasteiger charge is -2.24. The molecule has 22 heavy (non-hydrogen) atoms. The van der Waals surface area contributed by atoms with Crippen LogP contribution in [0.15, 0.2) is 36.7 Å². The average molecular weight is 332 g/mol. The molecule has 0 unspecified atom stereocenters. The second-order valence-corrected chi connectivity index (χ2v) is 7.57. The molecule has 0 spiro atoms. The maximum atomic E-state index is 6.23. The van der Waals surface area contributed by atoms with Crippen molar-refractivity contribution in [1.82, 2.24) is 15.3 Å². The maximum absolute atomic E-state index is 6.23. The van der Waals surface area contributed by atoms with Crippen LogP contribution in [0.1, 0.15) is 29.3 Å². The zero-order valence-corrected chi connectivity index (χ0v) is 14.4. The lowest BCUT2D eigenvalue weighted by molar-refractivity contribution is 0.400. The highest BCUT2D eigenvalue weighted by Gasteiger charge is 2.23. The minimum atomic E-state index is -0.192. The van der Waals surface area contributed by atoms with Crippen molar-refractivity contribution in [3.8, 4) is 0 Å².